The second-order valence-corrected chi connectivity index (χ2v) is 3.48. The number of carbonyl (C=O) groups excluding carboxylic acids is 1. The lowest BCUT2D eigenvalue weighted by molar-refractivity contribution is -0.243. The van der Waals surface area contributed by atoms with Gasteiger partial charge in [-0.3, -0.25) is 0 Å². The smallest absolute Gasteiger partial charge is 0.361 e. The summed E-state index contributed by atoms with van der Waals surface area (Å²) in [6.07, 6.45) is -7.51. The molecule has 0 radical (unpaired) electrons. The molecule has 1 heterocycles. The topological polar surface area (TPSA) is 29.5 Å². The second-order valence-electron chi connectivity index (χ2n) is 3.48. The molecule has 0 aromatic rings. The van der Waals surface area contributed by atoms with Crippen LogP contribution in [0.3, 0.4) is 0 Å². The van der Waals surface area contributed by atoms with Crippen LogP contribution in [0.1, 0.15) is 12.8 Å². The molecule has 0 atom stereocenters. The van der Waals surface area contributed by atoms with Crippen molar-refractivity contribution in [2.24, 2.45) is 5.92 Å². The molecule has 0 aromatic heterocycles. The van der Waals surface area contributed by atoms with Gasteiger partial charge in [0.25, 0.3) is 0 Å². The van der Waals surface area contributed by atoms with Crippen LogP contribution in [0.15, 0.2) is 0 Å². The van der Waals surface area contributed by atoms with E-state index in [1.807, 2.05) is 0 Å². The number of piperidine rings is 1. The van der Waals surface area contributed by atoms with Gasteiger partial charge in [0.05, 0.1) is 0 Å². The Balaban J connectivity index is 2.35. The Morgan fingerprint density at radius 2 is 1.75 bits per heavy atom. The van der Waals surface area contributed by atoms with Crippen LogP contribution in [0, 0.1) is 5.92 Å². The molecule has 1 fully saturated rings. The summed E-state index contributed by atoms with van der Waals surface area (Å²) in [7, 11) is 0. The van der Waals surface area contributed by atoms with Crippen LogP contribution >= 0.6 is 0 Å². The van der Waals surface area contributed by atoms with Crippen LogP contribution in [0.25, 0.3) is 0 Å². The third-order valence-electron chi connectivity index (χ3n) is 2.30. The molecule has 0 amide bonds. The molecule has 1 aliphatic heterocycles. The van der Waals surface area contributed by atoms with E-state index < -0.39 is 24.5 Å². The fourth-order valence-electron chi connectivity index (χ4n) is 1.39. The lowest BCUT2D eigenvalue weighted by Crippen LogP contribution is -2.40. The average molecular weight is 247 g/mol. The molecule has 0 saturated carbocycles. The summed E-state index contributed by atoms with van der Waals surface area (Å²) in [5.41, 5.74) is 0. The van der Waals surface area contributed by atoms with Gasteiger partial charge in [0.15, 0.2) is 0 Å². The summed E-state index contributed by atoms with van der Waals surface area (Å²) in [6.45, 7) is -0.201. The van der Waals surface area contributed by atoms with E-state index in [1.54, 1.807) is 0 Å². The van der Waals surface area contributed by atoms with E-state index in [9.17, 15) is 26.7 Å². The highest BCUT2D eigenvalue weighted by Crippen LogP contribution is 2.25. The van der Waals surface area contributed by atoms with Gasteiger partial charge in [-0.15, -0.1) is 5.06 Å². The molecule has 1 rings (SSSR count). The van der Waals surface area contributed by atoms with E-state index in [-0.39, 0.29) is 25.9 Å². The maximum absolute atomic E-state index is 12.2. The SMILES string of the molecule is O=C(ON1CCC(C(F)F)CC1)C(F)(F)F. The molecule has 0 spiro atoms. The van der Waals surface area contributed by atoms with Crippen molar-refractivity contribution in [3.8, 4) is 0 Å². The van der Waals surface area contributed by atoms with E-state index in [4.69, 9.17) is 0 Å². The van der Waals surface area contributed by atoms with Crippen LogP contribution in [-0.4, -0.2) is 36.7 Å². The Morgan fingerprint density at radius 1 is 1.25 bits per heavy atom. The molecule has 8 heteroatoms. The fourth-order valence-corrected chi connectivity index (χ4v) is 1.39. The highest BCUT2D eigenvalue weighted by molar-refractivity contribution is 5.75. The highest BCUT2D eigenvalue weighted by Gasteiger charge is 2.43. The Hall–Kier alpha value is -0.920. The van der Waals surface area contributed by atoms with Crippen molar-refractivity contribution >= 4 is 5.97 Å². The highest BCUT2D eigenvalue weighted by atomic mass is 19.4. The van der Waals surface area contributed by atoms with Gasteiger partial charge < -0.3 is 4.84 Å². The Bertz CT molecular complexity index is 247. The third kappa shape index (κ3) is 3.58. The standard InChI is InChI=1S/C8H10F5NO2/c9-6(10)5-1-3-14(4-2-5)16-7(15)8(11,12)13/h5-6H,1-4H2. The zero-order valence-electron chi connectivity index (χ0n) is 8.14. The first kappa shape index (κ1) is 13.1. The van der Waals surface area contributed by atoms with Gasteiger partial charge >= 0.3 is 12.1 Å². The van der Waals surface area contributed by atoms with Gasteiger partial charge in [0.1, 0.15) is 0 Å². The maximum atomic E-state index is 12.2. The van der Waals surface area contributed by atoms with Crippen LogP contribution in [0.2, 0.25) is 0 Å². The molecule has 0 aromatic carbocycles. The molecule has 3 nitrogen and oxygen atoms in total. The van der Waals surface area contributed by atoms with Crippen molar-refractivity contribution in [2.45, 2.75) is 25.4 Å². The minimum absolute atomic E-state index is 0.0167. The number of carbonyl (C=O) groups is 1. The van der Waals surface area contributed by atoms with Crippen LogP contribution in [-0.2, 0) is 9.63 Å². The number of hydroxylamine groups is 2. The van der Waals surface area contributed by atoms with Crippen molar-refractivity contribution in [2.75, 3.05) is 13.1 Å². The molecule has 0 aliphatic carbocycles. The van der Waals surface area contributed by atoms with E-state index in [0.717, 1.165) is 5.06 Å². The summed E-state index contributed by atoms with van der Waals surface area (Å²) in [6, 6.07) is 0. The third-order valence-corrected chi connectivity index (χ3v) is 2.30. The van der Waals surface area contributed by atoms with E-state index in [0.29, 0.717) is 0 Å². The first-order valence-corrected chi connectivity index (χ1v) is 4.63. The van der Waals surface area contributed by atoms with Crippen LogP contribution in [0.5, 0.6) is 0 Å². The summed E-state index contributed by atoms with van der Waals surface area (Å²) in [5.74, 6) is -3.15. The lowest BCUT2D eigenvalue weighted by Gasteiger charge is -2.29. The summed E-state index contributed by atoms with van der Waals surface area (Å²) >= 11 is 0. The van der Waals surface area contributed by atoms with Crippen LogP contribution in [0.4, 0.5) is 22.0 Å². The van der Waals surface area contributed by atoms with Gasteiger partial charge in [-0.1, -0.05) is 0 Å². The van der Waals surface area contributed by atoms with Crippen molar-refractivity contribution in [3.63, 3.8) is 0 Å². The average Bonchev–Trinajstić information content (AvgIpc) is 2.17. The number of rotatable bonds is 2. The number of halogens is 5. The molecular weight excluding hydrogens is 237 g/mol. The summed E-state index contributed by atoms with van der Waals surface area (Å²) in [5, 5.41) is 0.773. The molecular formula is C8H10F5NO2. The monoisotopic (exact) mass is 247 g/mol. The summed E-state index contributed by atoms with van der Waals surface area (Å²) in [4.78, 5) is 14.4. The van der Waals surface area contributed by atoms with Crippen molar-refractivity contribution in [1.29, 1.82) is 0 Å². The predicted molar refractivity (Wildman–Crippen MR) is 42.4 cm³/mol. The molecule has 16 heavy (non-hydrogen) atoms. The van der Waals surface area contributed by atoms with Gasteiger partial charge in [0, 0.05) is 19.0 Å². The van der Waals surface area contributed by atoms with E-state index in [1.165, 1.54) is 0 Å². The molecule has 1 aliphatic rings. The van der Waals surface area contributed by atoms with E-state index in [2.05, 4.69) is 4.84 Å². The van der Waals surface area contributed by atoms with E-state index >= 15 is 0 Å². The number of nitrogens with zero attached hydrogens (tertiary/aromatic N) is 1. The Morgan fingerprint density at radius 3 is 2.12 bits per heavy atom. The largest absolute Gasteiger partial charge is 0.492 e. The van der Waals surface area contributed by atoms with Crippen molar-refractivity contribution in [1.82, 2.24) is 5.06 Å². The van der Waals surface area contributed by atoms with Crippen molar-refractivity contribution < 1.29 is 31.6 Å². The van der Waals surface area contributed by atoms with Gasteiger partial charge in [0.2, 0.25) is 6.43 Å². The minimum atomic E-state index is -5.06. The number of alkyl halides is 5. The zero-order valence-corrected chi connectivity index (χ0v) is 8.14. The minimum Gasteiger partial charge on any atom is -0.361 e. The number of hydrogen-bond donors (Lipinski definition) is 0. The van der Waals surface area contributed by atoms with Gasteiger partial charge in [-0.25, -0.2) is 13.6 Å². The number of hydrogen-bond acceptors (Lipinski definition) is 3. The van der Waals surface area contributed by atoms with Gasteiger partial charge in [-0.2, -0.15) is 13.2 Å². The molecule has 94 valence electrons. The van der Waals surface area contributed by atoms with Gasteiger partial charge in [-0.05, 0) is 12.8 Å². The predicted octanol–water partition coefficient (Wildman–Crippen LogP) is 1.98. The molecule has 1 saturated heterocycles. The lowest BCUT2D eigenvalue weighted by atomic mass is 9.99. The second kappa shape index (κ2) is 4.94. The maximum Gasteiger partial charge on any atom is 0.492 e. The molecule has 0 bridgehead atoms. The first-order chi connectivity index (χ1) is 7.30. The Kier molecular flexibility index (Phi) is 4.06. The van der Waals surface area contributed by atoms with Crippen LogP contribution < -0.4 is 0 Å². The fraction of sp³-hybridized carbons (Fsp3) is 0.875. The summed E-state index contributed by atoms with van der Waals surface area (Å²) < 4.78 is 59.7. The zero-order chi connectivity index (χ0) is 12.3. The quantitative estimate of drug-likeness (QED) is 0.699. The normalized spacial score (nSPS) is 20.1. The first-order valence-electron chi connectivity index (χ1n) is 4.63. The molecule has 0 N–H and O–H groups in total. The Labute approximate surface area is 88.1 Å². The molecule has 0 unspecified atom stereocenters. The van der Waals surface area contributed by atoms with Crippen molar-refractivity contribution in [3.05, 3.63) is 0 Å².